The lowest BCUT2D eigenvalue weighted by Gasteiger charge is -2.24. The van der Waals surface area contributed by atoms with E-state index in [1.54, 1.807) is 4.90 Å². The number of carboxylic acid groups (broad SMARTS) is 1. The molecule has 2 rings (SSSR count). The van der Waals surface area contributed by atoms with Crippen LogP contribution >= 0.6 is 0 Å². The summed E-state index contributed by atoms with van der Waals surface area (Å²) in [6.45, 7) is 4.55. The van der Waals surface area contributed by atoms with Crippen molar-refractivity contribution in [3.05, 3.63) is 34.9 Å². The third kappa shape index (κ3) is 1.77. The van der Waals surface area contributed by atoms with E-state index in [1.165, 1.54) is 16.7 Å². The first-order valence-corrected chi connectivity index (χ1v) is 5.70. The van der Waals surface area contributed by atoms with Gasteiger partial charge in [0.25, 0.3) is 0 Å². The fourth-order valence-corrected chi connectivity index (χ4v) is 2.58. The van der Waals surface area contributed by atoms with Crippen molar-refractivity contribution in [1.29, 1.82) is 0 Å². The molecule has 1 aliphatic carbocycles. The topological polar surface area (TPSA) is 40.5 Å². The van der Waals surface area contributed by atoms with Gasteiger partial charge in [-0.1, -0.05) is 18.2 Å². The van der Waals surface area contributed by atoms with E-state index in [4.69, 9.17) is 5.11 Å². The highest BCUT2D eigenvalue weighted by molar-refractivity contribution is 5.66. The van der Waals surface area contributed by atoms with E-state index in [2.05, 4.69) is 19.1 Å². The zero-order valence-corrected chi connectivity index (χ0v) is 9.73. The number of likely N-dealkylation sites (N-methyl/N-ethyl adjacent to an activating group) is 1. The van der Waals surface area contributed by atoms with Crippen LogP contribution in [0.1, 0.15) is 23.6 Å². The Morgan fingerprint density at radius 1 is 1.50 bits per heavy atom. The second-order valence-electron chi connectivity index (χ2n) is 4.34. The summed E-state index contributed by atoms with van der Waals surface area (Å²) in [4.78, 5) is 12.6. The lowest BCUT2D eigenvalue weighted by Crippen LogP contribution is -2.39. The fraction of sp³-hybridized carbons (Fsp3) is 0.462. The van der Waals surface area contributed by atoms with E-state index in [0.29, 0.717) is 6.54 Å². The SMILES string of the molecule is CCN(C(=O)O)C1Cc2cccc(C)c2C1. The van der Waals surface area contributed by atoms with Crippen LogP contribution in [0.4, 0.5) is 4.79 Å². The van der Waals surface area contributed by atoms with Crippen LogP contribution in [0.2, 0.25) is 0 Å². The largest absolute Gasteiger partial charge is 0.465 e. The molecule has 1 aliphatic rings. The van der Waals surface area contributed by atoms with Gasteiger partial charge in [-0.2, -0.15) is 0 Å². The van der Waals surface area contributed by atoms with Gasteiger partial charge in [0.15, 0.2) is 0 Å². The van der Waals surface area contributed by atoms with E-state index >= 15 is 0 Å². The average Bonchev–Trinajstić information content (AvgIpc) is 2.63. The number of nitrogens with zero attached hydrogens (tertiary/aromatic N) is 1. The first kappa shape index (κ1) is 11.0. The van der Waals surface area contributed by atoms with E-state index in [9.17, 15) is 4.79 Å². The molecule has 0 radical (unpaired) electrons. The van der Waals surface area contributed by atoms with Crippen molar-refractivity contribution in [3.8, 4) is 0 Å². The van der Waals surface area contributed by atoms with Crippen LogP contribution in [-0.4, -0.2) is 28.7 Å². The Hall–Kier alpha value is -1.51. The van der Waals surface area contributed by atoms with Crippen molar-refractivity contribution < 1.29 is 9.90 Å². The minimum Gasteiger partial charge on any atom is -0.465 e. The number of aryl methyl sites for hydroxylation is 1. The molecule has 0 bridgehead atoms. The molecule has 1 amide bonds. The second-order valence-corrected chi connectivity index (χ2v) is 4.34. The molecule has 3 heteroatoms. The summed E-state index contributed by atoms with van der Waals surface area (Å²) in [5.41, 5.74) is 3.93. The first-order valence-electron chi connectivity index (χ1n) is 5.70. The highest BCUT2D eigenvalue weighted by Crippen LogP contribution is 2.28. The Labute approximate surface area is 95.7 Å². The van der Waals surface area contributed by atoms with Crippen LogP contribution in [0.15, 0.2) is 18.2 Å². The predicted octanol–water partition coefficient (Wildman–Crippen LogP) is 2.46. The van der Waals surface area contributed by atoms with Crippen LogP contribution in [0.3, 0.4) is 0 Å². The molecule has 0 aliphatic heterocycles. The molecule has 86 valence electrons. The van der Waals surface area contributed by atoms with Crippen molar-refractivity contribution in [1.82, 2.24) is 4.90 Å². The molecule has 0 spiro atoms. The van der Waals surface area contributed by atoms with Crippen LogP contribution in [0.5, 0.6) is 0 Å². The van der Waals surface area contributed by atoms with Gasteiger partial charge in [0.2, 0.25) is 0 Å². The zero-order chi connectivity index (χ0) is 11.7. The Balaban J connectivity index is 2.22. The summed E-state index contributed by atoms with van der Waals surface area (Å²) < 4.78 is 0. The van der Waals surface area contributed by atoms with Crippen molar-refractivity contribution in [2.45, 2.75) is 32.7 Å². The molecule has 0 heterocycles. The highest BCUT2D eigenvalue weighted by Gasteiger charge is 2.29. The quantitative estimate of drug-likeness (QED) is 0.830. The lowest BCUT2D eigenvalue weighted by atomic mass is 10.1. The predicted molar refractivity (Wildman–Crippen MR) is 62.8 cm³/mol. The highest BCUT2D eigenvalue weighted by atomic mass is 16.4. The Kier molecular flexibility index (Phi) is 2.86. The van der Waals surface area contributed by atoms with Crippen LogP contribution in [-0.2, 0) is 12.8 Å². The summed E-state index contributed by atoms with van der Waals surface area (Å²) >= 11 is 0. The third-order valence-electron chi connectivity index (χ3n) is 3.43. The smallest absolute Gasteiger partial charge is 0.407 e. The van der Waals surface area contributed by atoms with Gasteiger partial charge < -0.3 is 10.0 Å². The maximum Gasteiger partial charge on any atom is 0.407 e. The first-order chi connectivity index (χ1) is 7.63. The molecule has 3 nitrogen and oxygen atoms in total. The minimum atomic E-state index is -0.807. The maximum absolute atomic E-state index is 11.1. The molecule has 0 aromatic heterocycles. The molecule has 0 saturated heterocycles. The standard InChI is InChI=1S/C13H17NO2/c1-3-14(13(15)16)11-7-10-6-4-5-9(2)12(10)8-11/h4-6,11H,3,7-8H2,1-2H3,(H,15,16). The number of fused-ring (bicyclic) bond motifs is 1. The summed E-state index contributed by atoms with van der Waals surface area (Å²) in [7, 11) is 0. The molecule has 1 aromatic carbocycles. The van der Waals surface area contributed by atoms with Gasteiger partial charge in [-0.25, -0.2) is 4.79 Å². The Bertz CT molecular complexity index is 414. The lowest BCUT2D eigenvalue weighted by molar-refractivity contribution is 0.129. The number of hydrogen-bond acceptors (Lipinski definition) is 1. The zero-order valence-electron chi connectivity index (χ0n) is 9.73. The number of amides is 1. The monoisotopic (exact) mass is 219 g/mol. The van der Waals surface area contributed by atoms with Gasteiger partial charge in [0.05, 0.1) is 0 Å². The molecule has 1 N–H and O–H groups in total. The molecule has 1 atom stereocenters. The van der Waals surface area contributed by atoms with Crippen molar-refractivity contribution in [3.63, 3.8) is 0 Å². The number of hydrogen-bond donors (Lipinski definition) is 1. The van der Waals surface area contributed by atoms with E-state index < -0.39 is 6.09 Å². The van der Waals surface area contributed by atoms with Gasteiger partial charge >= 0.3 is 6.09 Å². The number of carbonyl (C=O) groups is 1. The van der Waals surface area contributed by atoms with Crippen LogP contribution in [0, 0.1) is 6.92 Å². The van der Waals surface area contributed by atoms with E-state index in [-0.39, 0.29) is 6.04 Å². The summed E-state index contributed by atoms with van der Waals surface area (Å²) in [6.07, 6.45) is 0.914. The fourth-order valence-electron chi connectivity index (χ4n) is 2.58. The summed E-state index contributed by atoms with van der Waals surface area (Å²) in [5.74, 6) is 0. The average molecular weight is 219 g/mol. The van der Waals surface area contributed by atoms with Crippen LogP contribution in [0.25, 0.3) is 0 Å². The van der Waals surface area contributed by atoms with Gasteiger partial charge in [-0.15, -0.1) is 0 Å². The van der Waals surface area contributed by atoms with E-state index in [1.807, 2.05) is 13.0 Å². The molecule has 0 fully saturated rings. The summed E-state index contributed by atoms with van der Waals surface area (Å²) in [5, 5.41) is 9.11. The normalized spacial score (nSPS) is 18.2. The molecule has 0 saturated carbocycles. The minimum absolute atomic E-state index is 0.124. The molecule has 16 heavy (non-hydrogen) atoms. The van der Waals surface area contributed by atoms with Crippen molar-refractivity contribution in [2.24, 2.45) is 0 Å². The maximum atomic E-state index is 11.1. The third-order valence-corrected chi connectivity index (χ3v) is 3.43. The Morgan fingerprint density at radius 3 is 2.81 bits per heavy atom. The number of rotatable bonds is 2. The Morgan fingerprint density at radius 2 is 2.25 bits per heavy atom. The van der Waals surface area contributed by atoms with Gasteiger partial charge in [-0.3, -0.25) is 0 Å². The van der Waals surface area contributed by atoms with E-state index in [0.717, 1.165) is 12.8 Å². The van der Waals surface area contributed by atoms with Crippen molar-refractivity contribution in [2.75, 3.05) is 6.54 Å². The van der Waals surface area contributed by atoms with Gasteiger partial charge in [-0.05, 0) is 43.4 Å². The second kappa shape index (κ2) is 4.16. The summed E-state index contributed by atoms with van der Waals surface area (Å²) in [6, 6.07) is 6.38. The van der Waals surface area contributed by atoms with Gasteiger partial charge in [0, 0.05) is 12.6 Å². The van der Waals surface area contributed by atoms with Crippen molar-refractivity contribution >= 4 is 6.09 Å². The van der Waals surface area contributed by atoms with Crippen LogP contribution < -0.4 is 0 Å². The molecule has 1 aromatic rings. The molecular weight excluding hydrogens is 202 g/mol. The molecule has 1 unspecified atom stereocenters. The number of benzene rings is 1. The van der Waals surface area contributed by atoms with Gasteiger partial charge in [0.1, 0.15) is 0 Å². The molecular formula is C13H17NO2.